The summed E-state index contributed by atoms with van der Waals surface area (Å²) in [6.07, 6.45) is 0. The Kier molecular flexibility index (Phi) is 7.30. The zero-order valence-electron chi connectivity index (χ0n) is 29.7. The number of aromatic nitrogens is 4. The molecule has 0 saturated heterocycles. The van der Waals surface area contributed by atoms with Gasteiger partial charge in [0, 0.05) is 44.1 Å². The lowest BCUT2D eigenvalue weighted by Gasteiger charge is -2.21. The smallest absolute Gasteiger partial charge is 0.164 e. The van der Waals surface area contributed by atoms with Gasteiger partial charge >= 0.3 is 0 Å². The van der Waals surface area contributed by atoms with Gasteiger partial charge in [0.15, 0.2) is 17.5 Å². The molecule has 2 heterocycles. The SMILES string of the molecule is CC1(C)c2ccccc2-c2c1ccc1c3ccccc3n(-c3cccc(-c4nc(-c5ccccc5)nc(-c5cccc([SiH2]c6ccccc6)c5)n4)c3)c21. The first-order valence-electron chi connectivity index (χ1n) is 18.2. The van der Waals surface area contributed by atoms with Crippen LogP contribution in [-0.2, 0) is 5.41 Å². The van der Waals surface area contributed by atoms with Crippen molar-refractivity contribution in [2.45, 2.75) is 19.3 Å². The molecule has 0 amide bonds. The van der Waals surface area contributed by atoms with Crippen LogP contribution in [-0.4, -0.2) is 29.0 Å². The molecule has 0 saturated carbocycles. The molecular formula is C48H36N4Si. The molecule has 0 N–H and O–H groups in total. The van der Waals surface area contributed by atoms with Crippen LogP contribution >= 0.6 is 0 Å². The number of para-hydroxylation sites is 1. The van der Waals surface area contributed by atoms with Crippen molar-refractivity contribution in [1.82, 2.24) is 19.5 Å². The van der Waals surface area contributed by atoms with Crippen molar-refractivity contribution in [1.29, 1.82) is 0 Å². The minimum Gasteiger partial charge on any atom is -0.309 e. The fraction of sp³-hybridized carbons (Fsp3) is 0.0625. The van der Waals surface area contributed by atoms with Crippen LogP contribution in [0.15, 0.2) is 170 Å². The van der Waals surface area contributed by atoms with Crippen LogP contribution in [0.2, 0.25) is 0 Å². The van der Waals surface area contributed by atoms with Crippen LogP contribution < -0.4 is 10.4 Å². The second-order valence-electron chi connectivity index (χ2n) is 14.5. The van der Waals surface area contributed by atoms with E-state index in [4.69, 9.17) is 15.0 Å². The van der Waals surface area contributed by atoms with Crippen LogP contribution in [0, 0.1) is 0 Å². The van der Waals surface area contributed by atoms with E-state index >= 15 is 0 Å². The first-order valence-corrected chi connectivity index (χ1v) is 19.7. The van der Waals surface area contributed by atoms with Gasteiger partial charge in [-0.2, -0.15) is 0 Å². The van der Waals surface area contributed by atoms with Gasteiger partial charge in [0.25, 0.3) is 0 Å². The molecule has 4 nitrogen and oxygen atoms in total. The predicted molar refractivity (Wildman–Crippen MR) is 222 cm³/mol. The van der Waals surface area contributed by atoms with Crippen molar-refractivity contribution in [2.75, 3.05) is 0 Å². The Morgan fingerprint density at radius 2 is 1.08 bits per heavy atom. The Balaban J connectivity index is 1.16. The number of benzene rings is 7. The summed E-state index contributed by atoms with van der Waals surface area (Å²) < 4.78 is 2.45. The second kappa shape index (κ2) is 12.4. The molecule has 10 rings (SSSR count). The fourth-order valence-electron chi connectivity index (χ4n) is 8.30. The molecule has 53 heavy (non-hydrogen) atoms. The number of rotatable bonds is 6. The maximum atomic E-state index is 5.19. The van der Waals surface area contributed by atoms with Crippen molar-refractivity contribution in [3.05, 3.63) is 181 Å². The molecule has 1 aliphatic rings. The molecule has 9 aromatic rings. The molecule has 5 heteroatoms. The van der Waals surface area contributed by atoms with E-state index in [0.29, 0.717) is 17.5 Å². The van der Waals surface area contributed by atoms with Gasteiger partial charge in [0.1, 0.15) is 0 Å². The van der Waals surface area contributed by atoms with E-state index in [0.717, 1.165) is 22.4 Å². The third-order valence-corrected chi connectivity index (χ3v) is 12.6. The first-order chi connectivity index (χ1) is 26.0. The summed E-state index contributed by atoms with van der Waals surface area (Å²) in [7, 11) is -0.649. The summed E-state index contributed by atoms with van der Waals surface area (Å²) in [6, 6.07) is 60.8. The van der Waals surface area contributed by atoms with Crippen LogP contribution in [0.5, 0.6) is 0 Å². The Labute approximate surface area is 311 Å². The van der Waals surface area contributed by atoms with Gasteiger partial charge in [0.05, 0.1) is 20.6 Å². The van der Waals surface area contributed by atoms with Crippen molar-refractivity contribution in [2.24, 2.45) is 0 Å². The zero-order valence-corrected chi connectivity index (χ0v) is 31.1. The molecule has 0 aliphatic heterocycles. The molecule has 0 bridgehead atoms. The van der Waals surface area contributed by atoms with Gasteiger partial charge in [-0.25, -0.2) is 15.0 Å². The van der Waals surface area contributed by atoms with Crippen LogP contribution in [0.1, 0.15) is 25.0 Å². The highest BCUT2D eigenvalue weighted by molar-refractivity contribution is 6.67. The highest BCUT2D eigenvalue weighted by atomic mass is 28.2. The van der Waals surface area contributed by atoms with Gasteiger partial charge < -0.3 is 4.57 Å². The van der Waals surface area contributed by atoms with Crippen molar-refractivity contribution >= 4 is 41.7 Å². The minimum absolute atomic E-state index is 0.0980. The van der Waals surface area contributed by atoms with E-state index < -0.39 is 9.52 Å². The highest BCUT2D eigenvalue weighted by Crippen LogP contribution is 2.52. The summed E-state index contributed by atoms with van der Waals surface area (Å²) in [6.45, 7) is 4.69. The van der Waals surface area contributed by atoms with E-state index in [-0.39, 0.29) is 5.41 Å². The summed E-state index contributed by atoms with van der Waals surface area (Å²) in [5.74, 6) is 1.99. The van der Waals surface area contributed by atoms with Crippen LogP contribution in [0.4, 0.5) is 0 Å². The number of hydrogen-bond donors (Lipinski definition) is 0. The maximum Gasteiger partial charge on any atom is 0.164 e. The third kappa shape index (κ3) is 5.23. The molecule has 0 atom stereocenters. The van der Waals surface area contributed by atoms with E-state index in [1.54, 1.807) is 0 Å². The molecule has 0 spiro atoms. The second-order valence-corrected chi connectivity index (χ2v) is 16.5. The monoisotopic (exact) mass is 696 g/mol. The van der Waals surface area contributed by atoms with E-state index in [9.17, 15) is 0 Å². The van der Waals surface area contributed by atoms with Crippen molar-refractivity contribution in [3.63, 3.8) is 0 Å². The normalized spacial score (nSPS) is 13.2. The van der Waals surface area contributed by atoms with Gasteiger partial charge in [-0.05, 0) is 34.9 Å². The standard InChI is InChI=1S/C48H36N4Si/c1-48(2)40-25-11-9-24-39(40)43-41(48)28-27-38-37-23-10-12-26-42(37)52(44(38)43)34-19-13-17-32(29-34)46-49-45(31-15-5-3-6-16-31)50-47(51-46)33-18-14-22-36(30-33)53-35-20-7-4-8-21-35/h3-30H,53H2,1-2H3. The van der Waals surface area contributed by atoms with Crippen LogP contribution in [0.25, 0.3) is 72.8 Å². The van der Waals surface area contributed by atoms with E-state index in [1.807, 2.05) is 18.2 Å². The lowest BCUT2D eigenvalue weighted by Crippen LogP contribution is -2.26. The summed E-state index contributed by atoms with van der Waals surface area (Å²) >= 11 is 0. The third-order valence-electron chi connectivity index (χ3n) is 10.8. The number of hydrogen-bond acceptors (Lipinski definition) is 3. The Hall–Kier alpha value is -6.43. The Morgan fingerprint density at radius 1 is 0.472 bits per heavy atom. The largest absolute Gasteiger partial charge is 0.309 e. The average molecular weight is 697 g/mol. The van der Waals surface area contributed by atoms with E-state index in [1.165, 1.54) is 54.4 Å². The van der Waals surface area contributed by atoms with Crippen molar-refractivity contribution < 1.29 is 0 Å². The van der Waals surface area contributed by atoms with Gasteiger partial charge in [-0.15, -0.1) is 0 Å². The summed E-state index contributed by atoms with van der Waals surface area (Å²) in [5.41, 5.74) is 11.6. The molecule has 0 radical (unpaired) electrons. The Morgan fingerprint density at radius 3 is 1.87 bits per heavy atom. The first kappa shape index (κ1) is 31.3. The minimum atomic E-state index is -0.649. The predicted octanol–water partition coefficient (Wildman–Crippen LogP) is 9.40. The van der Waals surface area contributed by atoms with Crippen LogP contribution in [0.3, 0.4) is 0 Å². The number of nitrogens with zero attached hydrogens (tertiary/aromatic N) is 4. The van der Waals surface area contributed by atoms with Gasteiger partial charge in [0.2, 0.25) is 0 Å². The summed E-state index contributed by atoms with van der Waals surface area (Å²) in [5, 5.41) is 5.25. The van der Waals surface area contributed by atoms with Crippen molar-refractivity contribution in [3.8, 4) is 51.0 Å². The molecule has 7 aromatic carbocycles. The lowest BCUT2D eigenvalue weighted by atomic mass is 9.82. The molecule has 0 fully saturated rings. The molecular weight excluding hydrogens is 661 g/mol. The Bertz CT molecular complexity index is 2840. The maximum absolute atomic E-state index is 5.19. The topological polar surface area (TPSA) is 43.6 Å². The fourth-order valence-corrected chi connectivity index (χ4v) is 9.85. The lowest BCUT2D eigenvalue weighted by molar-refractivity contribution is 0.661. The highest BCUT2D eigenvalue weighted by Gasteiger charge is 2.37. The number of fused-ring (bicyclic) bond motifs is 7. The molecule has 2 aromatic heterocycles. The molecule has 1 aliphatic carbocycles. The molecule has 0 unspecified atom stereocenters. The van der Waals surface area contributed by atoms with Gasteiger partial charge in [-0.3, -0.25) is 0 Å². The summed E-state index contributed by atoms with van der Waals surface area (Å²) in [4.78, 5) is 15.4. The van der Waals surface area contributed by atoms with E-state index in [2.05, 4.69) is 170 Å². The zero-order chi connectivity index (χ0) is 35.5. The molecule has 252 valence electrons. The van der Waals surface area contributed by atoms with Gasteiger partial charge in [-0.1, -0.05) is 176 Å². The average Bonchev–Trinajstić information content (AvgIpc) is 3.67. The quantitative estimate of drug-likeness (QED) is 0.163.